The van der Waals surface area contributed by atoms with Crippen LogP contribution in [-0.2, 0) is 0 Å². The van der Waals surface area contributed by atoms with Gasteiger partial charge in [0.05, 0.1) is 6.61 Å². The molecule has 3 N–H and O–H groups in total. The topological polar surface area (TPSA) is 52.5 Å². The molecule has 1 heterocycles. The van der Waals surface area contributed by atoms with Crippen molar-refractivity contribution in [1.82, 2.24) is 5.32 Å². The number of phenols is 1. The summed E-state index contributed by atoms with van der Waals surface area (Å²) in [4.78, 5) is 0. The molecule has 3 heteroatoms. The summed E-state index contributed by atoms with van der Waals surface area (Å²) >= 11 is 0. The van der Waals surface area contributed by atoms with Gasteiger partial charge >= 0.3 is 0 Å². The lowest BCUT2D eigenvalue weighted by Gasteiger charge is -2.21. The fourth-order valence-electron chi connectivity index (χ4n) is 2.23. The molecule has 82 valence electrons. The number of aliphatic hydroxyl groups excluding tert-OH is 1. The third kappa shape index (κ3) is 1.98. The number of benzene rings is 1. The molecule has 0 bridgehead atoms. The second-order valence-electron chi connectivity index (χ2n) is 4.56. The fraction of sp³-hybridized carbons (Fsp3) is 0.500. The number of hydrogen-bond donors (Lipinski definition) is 3. The first-order chi connectivity index (χ1) is 7.14. The molecule has 2 rings (SSSR count). The normalized spacial score (nSPS) is 30.7. The molecule has 0 radical (unpaired) electrons. The molecular weight excluding hydrogens is 190 g/mol. The van der Waals surface area contributed by atoms with Gasteiger partial charge in [-0.2, -0.15) is 0 Å². The van der Waals surface area contributed by atoms with E-state index in [4.69, 9.17) is 0 Å². The number of aliphatic hydroxyl groups is 1. The summed E-state index contributed by atoms with van der Waals surface area (Å²) in [5.74, 6) is 0.648. The standard InChI is InChI=1S/C12H17NO2/c1-12(8-14)6-9(7-13-12)10-4-2-3-5-11(10)15/h2-5,9,13-15H,6-8H2,1H3. The largest absolute Gasteiger partial charge is 0.508 e. The van der Waals surface area contributed by atoms with Gasteiger partial charge < -0.3 is 15.5 Å². The summed E-state index contributed by atoms with van der Waals surface area (Å²) < 4.78 is 0. The number of phenolic OH excluding ortho intramolecular Hbond substituents is 1. The molecule has 3 nitrogen and oxygen atoms in total. The third-order valence-electron chi connectivity index (χ3n) is 3.20. The molecule has 0 spiro atoms. The Labute approximate surface area is 89.8 Å². The van der Waals surface area contributed by atoms with Gasteiger partial charge in [-0.25, -0.2) is 0 Å². The van der Waals surface area contributed by atoms with Crippen LogP contribution in [0.4, 0.5) is 0 Å². The van der Waals surface area contributed by atoms with Crippen molar-refractivity contribution in [3.63, 3.8) is 0 Å². The van der Waals surface area contributed by atoms with E-state index in [-0.39, 0.29) is 12.1 Å². The average molecular weight is 207 g/mol. The Morgan fingerprint density at radius 2 is 2.20 bits per heavy atom. The zero-order valence-electron chi connectivity index (χ0n) is 8.90. The molecule has 1 aromatic carbocycles. The second kappa shape index (κ2) is 3.83. The van der Waals surface area contributed by atoms with Gasteiger partial charge in [0, 0.05) is 18.0 Å². The average Bonchev–Trinajstić information content (AvgIpc) is 2.63. The van der Waals surface area contributed by atoms with Crippen LogP contribution >= 0.6 is 0 Å². The zero-order chi connectivity index (χ0) is 10.9. The summed E-state index contributed by atoms with van der Waals surface area (Å²) in [7, 11) is 0. The van der Waals surface area contributed by atoms with Gasteiger partial charge in [-0.15, -0.1) is 0 Å². The van der Waals surface area contributed by atoms with Gasteiger partial charge in [-0.05, 0) is 25.0 Å². The van der Waals surface area contributed by atoms with E-state index in [0.29, 0.717) is 11.7 Å². The molecule has 1 aliphatic heterocycles. The summed E-state index contributed by atoms with van der Waals surface area (Å²) in [6, 6.07) is 7.42. The first-order valence-electron chi connectivity index (χ1n) is 5.28. The number of rotatable bonds is 2. The fourth-order valence-corrected chi connectivity index (χ4v) is 2.23. The molecule has 1 aliphatic rings. The van der Waals surface area contributed by atoms with Crippen molar-refractivity contribution in [2.24, 2.45) is 0 Å². The van der Waals surface area contributed by atoms with E-state index in [1.807, 2.05) is 25.1 Å². The van der Waals surface area contributed by atoms with Crippen LogP contribution in [0.15, 0.2) is 24.3 Å². The lowest BCUT2D eigenvalue weighted by molar-refractivity contribution is 0.191. The van der Waals surface area contributed by atoms with Crippen LogP contribution in [0.3, 0.4) is 0 Å². The Hall–Kier alpha value is -1.06. The quantitative estimate of drug-likeness (QED) is 0.683. The van der Waals surface area contributed by atoms with Gasteiger partial charge in [0.25, 0.3) is 0 Å². The van der Waals surface area contributed by atoms with Crippen molar-refractivity contribution in [1.29, 1.82) is 0 Å². The van der Waals surface area contributed by atoms with Gasteiger partial charge in [0.1, 0.15) is 5.75 Å². The Bertz CT molecular complexity index is 353. The highest BCUT2D eigenvalue weighted by molar-refractivity contribution is 5.36. The smallest absolute Gasteiger partial charge is 0.119 e. The van der Waals surface area contributed by atoms with Crippen LogP contribution in [0, 0.1) is 0 Å². The minimum Gasteiger partial charge on any atom is -0.508 e. The van der Waals surface area contributed by atoms with Crippen molar-refractivity contribution in [2.45, 2.75) is 24.8 Å². The summed E-state index contributed by atoms with van der Waals surface area (Å²) in [6.07, 6.45) is 0.862. The van der Waals surface area contributed by atoms with Gasteiger partial charge in [-0.3, -0.25) is 0 Å². The van der Waals surface area contributed by atoms with E-state index in [9.17, 15) is 10.2 Å². The molecule has 2 atom stereocenters. The molecule has 0 aromatic heterocycles. The van der Waals surface area contributed by atoms with Crippen molar-refractivity contribution in [3.05, 3.63) is 29.8 Å². The predicted molar refractivity (Wildman–Crippen MR) is 59.0 cm³/mol. The van der Waals surface area contributed by atoms with Crippen molar-refractivity contribution in [2.75, 3.05) is 13.2 Å². The van der Waals surface area contributed by atoms with E-state index < -0.39 is 0 Å². The van der Waals surface area contributed by atoms with Crippen LogP contribution in [0.25, 0.3) is 0 Å². The molecule has 1 saturated heterocycles. The molecule has 0 amide bonds. The molecule has 1 aromatic rings. The first-order valence-corrected chi connectivity index (χ1v) is 5.28. The van der Waals surface area contributed by atoms with Crippen LogP contribution in [0.2, 0.25) is 0 Å². The minimum absolute atomic E-state index is 0.136. The number of nitrogens with one attached hydrogen (secondary N) is 1. The van der Waals surface area contributed by atoms with E-state index in [0.717, 1.165) is 18.5 Å². The highest BCUT2D eigenvalue weighted by Crippen LogP contribution is 2.35. The van der Waals surface area contributed by atoms with Crippen LogP contribution < -0.4 is 5.32 Å². The molecular formula is C12H17NO2. The molecule has 0 aliphatic carbocycles. The highest BCUT2D eigenvalue weighted by atomic mass is 16.3. The second-order valence-corrected chi connectivity index (χ2v) is 4.56. The van der Waals surface area contributed by atoms with E-state index in [2.05, 4.69) is 5.32 Å². The molecule has 1 fully saturated rings. The maximum atomic E-state index is 9.72. The third-order valence-corrected chi connectivity index (χ3v) is 3.20. The lowest BCUT2D eigenvalue weighted by atomic mass is 9.90. The van der Waals surface area contributed by atoms with Crippen LogP contribution in [-0.4, -0.2) is 28.9 Å². The van der Waals surface area contributed by atoms with E-state index in [1.54, 1.807) is 6.07 Å². The number of hydrogen-bond acceptors (Lipinski definition) is 3. The first kappa shape index (κ1) is 10.5. The maximum absolute atomic E-state index is 9.72. The minimum atomic E-state index is -0.201. The number of aromatic hydroxyl groups is 1. The Morgan fingerprint density at radius 3 is 2.80 bits per heavy atom. The predicted octanol–water partition coefficient (Wildman–Crippen LogP) is 1.22. The highest BCUT2D eigenvalue weighted by Gasteiger charge is 2.35. The Balaban J connectivity index is 2.18. The van der Waals surface area contributed by atoms with Crippen molar-refractivity contribution >= 4 is 0 Å². The zero-order valence-corrected chi connectivity index (χ0v) is 8.90. The SMILES string of the molecule is CC1(CO)CC(c2ccccc2O)CN1. The molecule has 2 unspecified atom stereocenters. The molecule has 0 saturated carbocycles. The summed E-state index contributed by atoms with van der Waals surface area (Å²) in [6.45, 7) is 2.96. The summed E-state index contributed by atoms with van der Waals surface area (Å²) in [5.41, 5.74) is 0.773. The van der Waals surface area contributed by atoms with Crippen LogP contribution in [0.5, 0.6) is 5.75 Å². The van der Waals surface area contributed by atoms with E-state index >= 15 is 0 Å². The molecule has 15 heavy (non-hydrogen) atoms. The Kier molecular flexibility index (Phi) is 2.67. The van der Waals surface area contributed by atoms with Gasteiger partial charge in [0.2, 0.25) is 0 Å². The van der Waals surface area contributed by atoms with Crippen LogP contribution in [0.1, 0.15) is 24.8 Å². The maximum Gasteiger partial charge on any atom is 0.119 e. The van der Waals surface area contributed by atoms with Gasteiger partial charge in [-0.1, -0.05) is 18.2 Å². The monoisotopic (exact) mass is 207 g/mol. The lowest BCUT2D eigenvalue weighted by Crippen LogP contribution is -2.39. The number of para-hydroxylation sites is 1. The summed E-state index contributed by atoms with van der Waals surface area (Å²) in [5, 5.41) is 22.3. The van der Waals surface area contributed by atoms with Crippen molar-refractivity contribution < 1.29 is 10.2 Å². The van der Waals surface area contributed by atoms with E-state index in [1.165, 1.54) is 0 Å². The van der Waals surface area contributed by atoms with Crippen molar-refractivity contribution in [3.8, 4) is 5.75 Å². The Morgan fingerprint density at radius 1 is 1.47 bits per heavy atom. The van der Waals surface area contributed by atoms with Gasteiger partial charge in [0.15, 0.2) is 0 Å².